The van der Waals surface area contributed by atoms with Gasteiger partial charge in [0.15, 0.2) is 0 Å². The Morgan fingerprint density at radius 2 is 1.62 bits per heavy atom. The van der Waals surface area contributed by atoms with Gasteiger partial charge in [0, 0.05) is 12.6 Å². The number of carbonyl (C=O) groups is 1. The molecule has 2 aromatic rings. The van der Waals surface area contributed by atoms with Gasteiger partial charge >= 0.3 is 5.97 Å². The van der Waals surface area contributed by atoms with E-state index >= 15 is 0 Å². The summed E-state index contributed by atoms with van der Waals surface area (Å²) in [6, 6.07) is 19.9. The van der Waals surface area contributed by atoms with Gasteiger partial charge in [0.05, 0.1) is 6.42 Å². The van der Waals surface area contributed by atoms with E-state index in [-0.39, 0.29) is 12.5 Å². The van der Waals surface area contributed by atoms with E-state index in [1.807, 2.05) is 48.5 Å². The van der Waals surface area contributed by atoms with Crippen molar-refractivity contribution < 1.29 is 9.90 Å². The summed E-state index contributed by atoms with van der Waals surface area (Å²) in [5.74, 6) is -0.768. The average Bonchev–Trinajstić information content (AvgIpc) is 2.52. The molecular formula is C18H21NO2. The summed E-state index contributed by atoms with van der Waals surface area (Å²) in [6.07, 6.45) is 0.116. The Labute approximate surface area is 125 Å². The van der Waals surface area contributed by atoms with E-state index in [2.05, 4.69) is 24.0 Å². The predicted molar refractivity (Wildman–Crippen MR) is 84.0 cm³/mol. The Bertz CT molecular complexity index is 554. The van der Waals surface area contributed by atoms with Gasteiger partial charge in [-0.05, 0) is 17.7 Å². The molecule has 0 aliphatic heterocycles. The van der Waals surface area contributed by atoms with Crippen LogP contribution < -0.4 is 0 Å². The van der Waals surface area contributed by atoms with Crippen molar-refractivity contribution in [1.29, 1.82) is 0 Å². The van der Waals surface area contributed by atoms with E-state index < -0.39 is 5.97 Å². The first kappa shape index (κ1) is 15.3. The summed E-state index contributed by atoms with van der Waals surface area (Å²) >= 11 is 0. The van der Waals surface area contributed by atoms with Crippen LogP contribution in [-0.2, 0) is 11.3 Å². The fraction of sp³-hybridized carbons (Fsp3) is 0.278. The van der Waals surface area contributed by atoms with Gasteiger partial charge in [-0.25, -0.2) is 0 Å². The Morgan fingerprint density at radius 3 is 2.14 bits per heavy atom. The second-order valence-electron chi connectivity index (χ2n) is 5.07. The standard InChI is InChI=1S/C18H21NO2/c1-2-19(14-15-9-5-3-6-10-15)17(13-18(20)21)16-11-7-4-8-12-16/h3-12,17H,2,13-14H2,1H3,(H,20,21). The van der Waals surface area contributed by atoms with Crippen molar-refractivity contribution in [1.82, 2.24) is 4.90 Å². The smallest absolute Gasteiger partial charge is 0.305 e. The van der Waals surface area contributed by atoms with Gasteiger partial charge in [-0.1, -0.05) is 67.6 Å². The zero-order valence-corrected chi connectivity index (χ0v) is 12.3. The van der Waals surface area contributed by atoms with Gasteiger partial charge < -0.3 is 5.11 Å². The van der Waals surface area contributed by atoms with E-state index in [1.165, 1.54) is 5.56 Å². The van der Waals surface area contributed by atoms with Crippen molar-refractivity contribution in [3.05, 3.63) is 71.8 Å². The van der Waals surface area contributed by atoms with Crippen LogP contribution in [0.3, 0.4) is 0 Å². The van der Waals surface area contributed by atoms with Crippen LogP contribution >= 0.6 is 0 Å². The van der Waals surface area contributed by atoms with E-state index in [4.69, 9.17) is 0 Å². The third-order valence-corrected chi connectivity index (χ3v) is 3.63. The Morgan fingerprint density at radius 1 is 1.05 bits per heavy atom. The van der Waals surface area contributed by atoms with E-state index in [0.29, 0.717) is 0 Å². The maximum Gasteiger partial charge on any atom is 0.305 e. The van der Waals surface area contributed by atoms with E-state index in [0.717, 1.165) is 18.7 Å². The largest absolute Gasteiger partial charge is 0.481 e. The van der Waals surface area contributed by atoms with Gasteiger partial charge in [0.1, 0.15) is 0 Å². The molecule has 0 spiro atoms. The van der Waals surface area contributed by atoms with Crippen LogP contribution in [0.15, 0.2) is 60.7 Å². The SMILES string of the molecule is CCN(Cc1ccccc1)C(CC(=O)O)c1ccccc1. The summed E-state index contributed by atoms with van der Waals surface area (Å²) in [5.41, 5.74) is 2.25. The highest BCUT2D eigenvalue weighted by Crippen LogP contribution is 2.25. The molecule has 0 saturated carbocycles. The normalized spacial score (nSPS) is 12.3. The van der Waals surface area contributed by atoms with Gasteiger partial charge in [0.25, 0.3) is 0 Å². The molecule has 0 heterocycles. The van der Waals surface area contributed by atoms with Crippen LogP contribution in [0, 0.1) is 0 Å². The van der Waals surface area contributed by atoms with Gasteiger partial charge in [-0.2, -0.15) is 0 Å². The van der Waals surface area contributed by atoms with E-state index in [1.54, 1.807) is 0 Å². The minimum absolute atomic E-state index is 0.103. The molecule has 0 bridgehead atoms. The molecule has 2 rings (SSSR count). The molecule has 0 radical (unpaired) electrons. The maximum absolute atomic E-state index is 11.2. The monoisotopic (exact) mass is 283 g/mol. The van der Waals surface area contributed by atoms with Crippen LogP contribution in [0.5, 0.6) is 0 Å². The number of carboxylic acid groups (broad SMARTS) is 1. The maximum atomic E-state index is 11.2. The van der Waals surface area contributed by atoms with Crippen LogP contribution in [0.25, 0.3) is 0 Å². The highest BCUT2D eigenvalue weighted by atomic mass is 16.4. The lowest BCUT2D eigenvalue weighted by molar-refractivity contribution is -0.138. The van der Waals surface area contributed by atoms with Crippen LogP contribution in [0.4, 0.5) is 0 Å². The minimum atomic E-state index is -0.768. The van der Waals surface area contributed by atoms with Crippen LogP contribution in [0.1, 0.15) is 30.5 Å². The van der Waals surface area contributed by atoms with Crippen molar-refractivity contribution in [3.8, 4) is 0 Å². The van der Waals surface area contributed by atoms with Crippen molar-refractivity contribution >= 4 is 5.97 Å². The van der Waals surface area contributed by atoms with Crippen LogP contribution in [-0.4, -0.2) is 22.5 Å². The second kappa shape index (κ2) is 7.60. The van der Waals surface area contributed by atoms with Crippen molar-refractivity contribution in [2.75, 3.05) is 6.54 Å². The molecule has 0 aliphatic carbocycles. The Balaban J connectivity index is 2.23. The molecule has 2 aromatic carbocycles. The number of hydrogen-bond acceptors (Lipinski definition) is 2. The van der Waals surface area contributed by atoms with Crippen molar-refractivity contribution in [2.24, 2.45) is 0 Å². The van der Waals surface area contributed by atoms with Gasteiger partial charge in [-0.3, -0.25) is 9.69 Å². The molecular weight excluding hydrogens is 262 g/mol. The minimum Gasteiger partial charge on any atom is -0.481 e. The fourth-order valence-electron chi connectivity index (χ4n) is 2.56. The van der Waals surface area contributed by atoms with Crippen LogP contribution in [0.2, 0.25) is 0 Å². The Hall–Kier alpha value is -2.13. The third-order valence-electron chi connectivity index (χ3n) is 3.63. The summed E-state index contributed by atoms with van der Waals surface area (Å²) < 4.78 is 0. The highest BCUT2D eigenvalue weighted by Gasteiger charge is 2.22. The number of carboxylic acids is 1. The van der Waals surface area contributed by atoms with Gasteiger partial charge in [-0.15, -0.1) is 0 Å². The van der Waals surface area contributed by atoms with Crippen molar-refractivity contribution in [2.45, 2.75) is 25.9 Å². The number of hydrogen-bond donors (Lipinski definition) is 1. The fourth-order valence-corrected chi connectivity index (χ4v) is 2.56. The number of rotatable bonds is 7. The second-order valence-corrected chi connectivity index (χ2v) is 5.07. The molecule has 0 aromatic heterocycles. The molecule has 1 N–H and O–H groups in total. The molecule has 3 nitrogen and oxygen atoms in total. The highest BCUT2D eigenvalue weighted by molar-refractivity contribution is 5.68. The zero-order valence-electron chi connectivity index (χ0n) is 12.3. The topological polar surface area (TPSA) is 40.5 Å². The lowest BCUT2D eigenvalue weighted by Gasteiger charge is -2.30. The molecule has 0 aliphatic rings. The molecule has 0 fully saturated rings. The first-order chi connectivity index (χ1) is 10.2. The molecule has 0 amide bonds. The predicted octanol–water partition coefficient (Wildman–Crippen LogP) is 3.72. The first-order valence-corrected chi connectivity index (χ1v) is 7.25. The zero-order chi connectivity index (χ0) is 15.1. The third kappa shape index (κ3) is 4.43. The molecule has 21 heavy (non-hydrogen) atoms. The van der Waals surface area contributed by atoms with Crippen molar-refractivity contribution in [3.63, 3.8) is 0 Å². The lowest BCUT2D eigenvalue weighted by atomic mass is 10.0. The number of nitrogens with zero attached hydrogens (tertiary/aromatic N) is 1. The molecule has 1 unspecified atom stereocenters. The molecule has 1 atom stereocenters. The molecule has 3 heteroatoms. The first-order valence-electron chi connectivity index (χ1n) is 7.25. The number of aliphatic carboxylic acids is 1. The molecule has 110 valence electrons. The van der Waals surface area contributed by atoms with Gasteiger partial charge in [0.2, 0.25) is 0 Å². The summed E-state index contributed by atoms with van der Waals surface area (Å²) in [5, 5.41) is 9.23. The Kier molecular flexibility index (Phi) is 5.52. The van der Waals surface area contributed by atoms with E-state index in [9.17, 15) is 9.90 Å². The molecule has 0 saturated heterocycles. The quantitative estimate of drug-likeness (QED) is 0.842. The summed E-state index contributed by atoms with van der Waals surface area (Å²) in [7, 11) is 0. The number of benzene rings is 2. The summed E-state index contributed by atoms with van der Waals surface area (Å²) in [4.78, 5) is 13.4. The summed E-state index contributed by atoms with van der Waals surface area (Å²) in [6.45, 7) is 3.63. The lowest BCUT2D eigenvalue weighted by Crippen LogP contribution is -2.30. The average molecular weight is 283 g/mol.